The molecule has 0 fully saturated rings. The molecule has 0 saturated heterocycles. The monoisotopic (exact) mass is 322 g/mol. The van der Waals surface area contributed by atoms with Crippen LogP contribution in [-0.4, -0.2) is 26.6 Å². The van der Waals surface area contributed by atoms with E-state index < -0.39 is 0 Å². The number of aromatic nitrogens is 3. The van der Waals surface area contributed by atoms with Crippen LogP contribution < -0.4 is 4.90 Å². The van der Waals surface area contributed by atoms with Crippen molar-refractivity contribution >= 4 is 23.4 Å². The summed E-state index contributed by atoms with van der Waals surface area (Å²) in [6.45, 7) is 0.434. The van der Waals surface area contributed by atoms with Crippen molar-refractivity contribution in [2.24, 2.45) is 0 Å². The van der Waals surface area contributed by atoms with E-state index in [-0.39, 0.29) is 5.91 Å². The molecule has 114 valence electrons. The summed E-state index contributed by atoms with van der Waals surface area (Å²) in [5.41, 5.74) is 2.64. The molecule has 1 N–H and O–H groups in total. The summed E-state index contributed by atoms with van der Waals surface area (Å²) in [5.74, 6) is 1.32. The van der Waals surface area contributed by atoms with Crippen LogP contribution in [0.4, 0.5) is 5.69 Å². The van der Waals surface area contributed by atoms with E-state index >= 15 is 0 Å². The van der Waals surface area contributed by atoms with Gasteiger partial charge in [-0.05, 0) is 24.3 Å². The molecular weight excluding hydrogens is 308 g/mol. The number of imidazole rings is 1. The number of carbonyl (C=O) groups excluding carboxylic acids is 1. The van der Waals surface area contributed by atoms with E-state index in [1.165, 1.54) is 0 Å². The number of nitrogens with one attached hydrogen (secondary N) is 1. The third-order valence-corrected chi connectivity index (χ3v) is 4.73. The van der Waals surface area contributed by atoms with E-state index in [1.807, 2.05) is 42.5 Å². The Hall–Kier alpha value is -2.60. The lowest BCUT2D eigenvalue weighted by atomic mass is 10.2. The van der Waals surface area contributed by atoms with Gasteiger partial charge < -0.3 is 9.88 Å². The zero-order valence-corrected chi connectivity index (χ0v) is 13.1. The van der Waals surface area contributed by atoms with E-state index in [4.69, 9.17) is 0 Å². The minimum atomic E-state index is 0.101. The highest BCUT2D eigenvalue weighted by Crippen LogP contribution is 2.35. The number of amides is 1. The number of rotatable bonds is 3. The molecule has 3 aromatic rings. The number of anilines is 1. The minimum Gasteiger partial charge on any atom is -0.339 e. The molecule has 1 amide bonds. The first-order valence-electron chi connectivity index (χ1n) is 7.29. The molecule has 1 aliphatic rings. The number of H-pyrrole nitrogens is 1. The number of nitrogens with zero attached hydrogens (tertiary/aromatic N) is 3. The summed E-state index contributed by atoms with van der Waals surface area (Å²) in [6.07, 6.45) is 3.50. The Balaban J connectivity index is 1.61. The molecule has 0 spiro atoms. The number of para-hydroxylation sites is 1. The van der Waals surface area contributed by atoms with Gasteiger partial charge in [-0.3, -0.25) is 9.78 Å². The van der Waals surface area contributed by atoms with Crippen LogP contribution in [0.15, 0.2) is 59.8 Å². The van der Waals surface area contributed by atoms with Crippen LogP contribution in [0.3, 0.4) is 0 Å². The van der Waals surface area contributed by atoms with Crippen LogP contribution in [0.5, 0.6) is 0 Å². The largest absolute Gasteiger partial charge is 0.339 e. The summed E-state index contributed by atoms with van der Waals surface area (Å²) >= 11 is 1.58. The first kappa shape index (κ1) is 14.0. The lowest BCUT2D eigenvalue weighted by molar-refractivity contribution is -0.116. The minimum absolute atomic E-state index is 0.101. The predicted molar refractivity (Wildman–Crippen MR) is 90.2 cm³/mol. The van der Waals surface area contributed by atoms with Gasteiger partial charge in [0.25, 0.3) is 0 Å². The van der Waals surface area contributed by atoms with E-state index in [0.29, 0.717) is 12.3 Å². The van der Waals surface area contributed by atoms with Gasteiger partial charge in [0, 0.05) is 11.1 Å². The molecule has 4 rings (SSSR count). The van der Waals surface area contributed by atoms with Crippen molar-refractivity contribution in [3.05, 3.63) is 60.7 Å². The Bertz CT molecular complexity index is 847. The maximum Gasteiger partial charge on any atom is 0.237 e. The van der Waals surface area contributed by atoms with Crippen molar-refractivity contribution in [3.63, 3.8) is 0 Å². The van der Waals surface area contributed by atoms with Crippen molar-refractivity contribution in [3.8, 4) is 11.4 Å². The molecule has 0 bridgehead atoms. The molecule has 0 atom stereocenters. The van der Waals surface area contributed by atoms with Crippen LogP contribution in [-0.2, 0) is 11.3 Å². The van der Waals surface area contributed by atoms with E-state index in [9.17, 15) is 4.79 Å². The molecule has 2 aromatic heterocycles. The summed E-state index contributed by atoms with van der Waals surface area (Å²) < 4.78 is 0. The SMILES string of the molecule is O=C1CSc2ccccc2N1Cc1ncc(-c2ccccn2)[nH]1. The van der Waals surface area contributed by atoms with E-state index in [1.54, 1.807) is 29.1 Å². The van der Waals surface area contributed by atoms with Gasteiger partial charge in [-0.2, -0.15) is 0 Å². The average Bonchev–Trinajstić information content (AvgIpc) is 3.07. The summed E-state index contributed by atoms with van der Waals surface area (Å²) in [4.78, 5) is 27.2. The van der Waals surface area contributed by atoms with Crippen molar-refractivity contribution in [1.29, 1.82) is 0 Å². The van der Waals surface area contributed by atoms with Gasteiger partial charge in [0.1, 0.15) is 5.82 Å². The Morgan fingerprint density at radius 3 is 2.87 bits per heavy atom. The highest BCUT2D eigenvalue weighted by molar-refractivity contribution is 8.00. The van der Waals surface area contributed by atoms with Gasteiger partial charge >= 0.3 is 0 Å². The van der Waals surface area contributed by atoms with Crippen LogP contribution in [0.1, 0.15) is 5.82 Å². The Labute approximate surface area is 137 Å². The smallest absolute Gasteiger partial charge is 0.237 e. The van der Waals surface area contributed by atoms with Crippen molar-refractivity contribution < 1.29 is 4.79 Å². The number of hydrogen-bond donors (Lipinski definition) is 1. The Morgan fingerprint density at radius 1 is 1.13 bits per heavy atom. The molecular formula is C17H14N4OS. The standard InChI is InChI=1S/C17H14N4OS/c22-17-11-23-15-7-2-1-6-14(15)21(17)10-16-19-9-13(20-16)12-5-3-4-8-18-12/h1-9H,10-11H2,(H,19,20). The second-order valence-corrected chi connectivity index (χ2v) is 6.21. The number of carbonyl (C=O) groups is 1. The van der Waals surface area contributed by atoms with Gasteiger partial charge in [0.05, 0.1) is 35.6 Å². The predicted octanol–water partition coefficient (Wildman–Crippen LogP) is 3.11. The maximum atomic E-state index is 12.3. The van der Waals surface area contributed by atoms with Gasteiger partial charge in [-0.15, -0.1) is 11.8 Å². The van der Waals surface area contributed by atoms with E-state index in [0.717, 1.165) is 27.8 Å². The number of benzene rings is 1. The molecule has 3 heterocycles. The second kappa shape index (κ2) is 5.89. The fourth-order valence-corrected chi connectivity index (χ4v) is 3.51. The van der Waals surface area contributed by atoms with Crippen LogP contribution in [0.25, 0.3) is 11.4 Å². The zero-order chi connectivity index (χ0) is 15.6. The highest BCUT2D eigenvalue weighted by atomic mass is 32.2. The highest BCUT2D eigenvalue weighted by Gasteiger charge is 2.25. The molecule has 5 nitrogen and oxygen atoms in total. The van der Waals surface area contributed by atoms with Crippen molar-refractivity contribution in [2.45, 2.75) is 11.4 Å². The third-order valence-electron chi connectivity index (χ3n) is 3.69. The molecule has 6 heteroatoms. The van der Waals surface area contributed by atoms with Gasteiger partial charge in [-0.25, -0.2) is 4.98 Å². The zero-order valence-electron chi connectivity index (χ0n) is 12.3. The maximum absolute atomic E-state index is 12.3. The Kier molecular flexibility index (Phi) is 3.59. The third kappa shape index (κ3) is 2.73. The molecule has 23 heavy (non-hydrogen) atoms. The Morgan fingerprint density at radius 2 is 2.00 bits per heavy atom. The number of pyridine rings is 1. The lowest BCUT2D eigenvalue weighted by Crippen LogP contribution is -2.35. The van der Waals surface area contributed by atoms with Crippen molar-refractivity contribution in [2.75, 3.05) is 10.7 Å². The van der Waals surface area contributed by atoms with Crippen LogP contribution in [0, 0.1) is 0 Å². The van der Waals surface area contributed by atoms with Gasteiger partial charge in [0.15, 0.2) is 0 Å². The van der Waals surface area contributed by atoms with Gasteiger partial charge in [-0.1, -0.05) is 18.2 Å². The normalized spacial score (nSPS) is 13.9. The fourth-order valence-electron chi connectivity index (χ4n) is 2.57. The quantitative estimate of drug-likeness (QED) is 0.805. The number of hydrogen-bond acceptors (Lipinski definition) is 4. The van der Waals surface area contributed by atoms with Crippen molar-refractivity contribution in [1.82, 2.24) is 15.0 Å². The fraction of sp³-hybridized carbons (Fsp3) is 0.118. The van der Waals surface area contributed by atoms with E-state index in [2.05, 4.69) is 15.0 Å². The lowest BCUT2D eigenvalue weighted by Gasteiger charge is -2.28. The molecule has 0 unspecified atom stereocenters. The first-order chi connectivity index (χ1) is 11.3. The van der Waals surface area contributed by atoms with Crippen LogP contribution >= 0.6 is 11.8 Å². The second-order valence-electron chi connectivity index (χ2n) is 5.19. The molecule has 0 saturated carbocycles. The van der Waals surface area contributed by atoms with Crippen LogP contribution in [0.2, 0.25) is 0 Å². The first-order valence-corrected chi connectivity index (χ1v) is 8.27. The summed E-state index contributed by atoms with van der Waals surface area (Å²) in [7, 11) is 0. The summed E-state index contributed by atoms with van der Waals surface area (Å²) in [5, 5.41) is 0. The number of thioether (sulfide) groups is 1. The van der Waals surface area contributed by atoms with Gasteiger partial charge in [0.2, 0.25) is 5.91 Å². The summed E-state index contributed by atoms with van der Waals surface area (Å²) in [6, 6.07) is 13.7. The number of fused-ring (bicyclic) bond motifs is 1. The topological polar surface area (TPSA) is 61.9 Å². The molecule has 0 aliphatic carbocycles. The molecule has 1 aromatic carbocycles. The number of aromatic amines is 1. The molecule has 1 aliphatic heterocycles. The average molecular weight is 322 g/mol. The molecule has 0 radical (unpaired) electrons.